The van der Waals surface area contributed by atoms with E-state index < -0.39 is 19.3 Å². The summed E-state index contributed by atoms with van der Waals surface area (Å²) in [5.74, 6) is -0.569. The third kappa shape index (κ3) is 4.27. The Hall–Kier alpha value is 0.110. The van der Waals surface area contributed by atoms with Crippen LogP contribution in [0.3, 0.4) is 0 Å². The summed E-state index contributed by atoms with van der Waals surface area (Å²) in [5, 5.41) is 0. The van der Waals surface area contributed by atoms with Crippen molar-refractivity contribution >= 4 is 12.4 Å². The molecule has 0 amide bonds. The molecule has 0 atom stereocenters. The van der Waals surface area contributed by atoms with Gasteiger partial charge in [0.2, 0.25) is 0 Å². The monoisotopic (exact) mass is 145 g/mol. The van der Waals surface area contributed by atoms with Crippen LogP contribution in [-0.4, -0.2) is 19.9 Å². The Morgan fingerprint density at radius 3 is 1.62 bits per heavy atom. The lowest BCUT2D eigenvalue weighted by Gasteiger charge is -2.00. The second kappa shape index (κ2) is 7.11. The van der Waals surface area contributed by atoms with Crippen LogP contribution in [0.5, 0.6) is 0 Å². The molecule has 0 aliphatic rings. The van der Waals surface area contributed by atoms with Crippen LogP contribution >= 0.6 is 12.4 Å². The highest BCUT2D eigenvalue weighted by molar-refractivity contribution is 5.85. The highest BCUT2D eigenvalue weighted by Gasteiger charge is 2.02. The van der Waals surface area contributed by atoms with Gasteiger partial charge in [-0.15, -0.1) is 12.4 Å². The van der Waals surface area contributed by atoms with Crippen LogP contribution in [0.15, 0.2) is 0 Å². The summed E-state index contributed by atoms with van der Waals surface area (Å²) in [6.45, 7) is -1.19. The second-order valence-electron chi connectivity index (χ2n) is 1.41. The Morgan fingerprint density at radius 1 is 1.25 bits per heavy atom. The zero-order valence-electron chi connectivity index (χ0n) is 4.44. The van der Waals surface area contributed by atoms with Gasteiger partial charge in [-0.1, -0.05) is 0 Å². The first-order valence-corrected chi connectivity index (χ1v) is 2.17. The fourth-order valence-electron chi connectivity index (χ4n) is 0.167. The molecule has 0 rings (SSSR count). The largest absolute Gasteiger partial charge is 0.330 e. The van der Waals surface area contributed by atoms with E-state index in [2.05, 4.69) is 0 Å². The Bertz CT molecular complexity index is 35.5. The molecule has 0 saturated carbocycles. The molecule has 52 valence electrons. The van der Waals surface area contributed by atoms with Crippen molar-refractivity contribution in [3.8, 4) is 0 Å². The van der Waals surface area contributed by atoms with Gasteiger partial charge in [-0.2, -0.15) is 0 Å². The molecule has 2 N–H and O–H groups in total. The molecule has 0 aliphatic carbocycles. The molecule has 0 fully saturated rings. The molecular weight excluding hydrogens is 136 g/mol. The van der Waals surface area contributed by atoms with Gasteiger partial charge in [0.25, 0.3) is 0 Å². The average molecular weight is 146 g/mol. The first-order chi connectivity index (χ1) is 3.35. The number of nitrogens with two attached hydrogens (primary N) is 1. The van der Waals surface area contributed by atoms with Crippen LogP contribution in [0.4, 0.5) is 8.78 Å². The van der Waals surface area contributed by atoms with E-state index in [0.29, 0.717) is 0 Å². The van der Waals surface area contributed by atoms with Gasteiger partial charge in [0.15, 0.2) is 0 Å². The van der Waals surface area contributed by atoms with Gasteiger partial charge in [0, 0.05) is 12.5 Å². The summed E-state index contributed by atoms with van der Waals surface area (Å²) in [6.07, 6.45) is 0. The lowest BCUT2D eigenvalue weighted by Crippen LogP contribution is -2.17. The minimum atomic E-state index is -0.646. The van der Waals surface area contributed by atoms with E-state index in [1.165, 1.54) is 0 Å². The SMILES string of the molecule is Cl.NCC(CF)CF. The summed E-state index contributed by atoms with van der Waals surface area (Å²) in [4.78, 5) is 0. The molecule has 0 saturated heterocycles. The molecule has 4 heteroatoms. The van der Waals surface area contributed by atoms with Crippen LogP contribution in [0.1, 0.15) is 0 Å². The zero-order chi connectivity index (χ0) is 5.70. The second-order valence-corrected chi connectivity index (χ2v) is 1.41. The van der Waals surface area contributed by atoms with E-state index in [0.717, 1.165) is 0 Å². The first kappa shape index (κ1) is 11.0. The van der Waals surface area contributed by atoms with Gasteiger partial charge in [0.05, 0.1) is 13.3 Å². The molecular formula is C4H10ClF2N. The number of rotatable bonds is 3. The molecule has 0 bridgehead atoms. The van der Waals surface area contributed by atoms with E-state index in [4.69, 9.17) is 5.73 Å². The van der Waals surface area contributed by atoms with Crippen LogP contribution < -0.4 is 5.73 Å². The van der Waals surface area contributed by atoms with Crippen LogP contribution in [0, 0.1) is 5.92 Å². The summed E-state index contributed by atoms with van der Waals surface area (Å²) >= 11 is 0. The van der Waals surface area contributed by atoms with Gasteiger partial charge in [0.1, 0.15) is 0 Å². The van der Waals surface area contributed by atoms with Crippen LogP contribution in [0.2, 0.25) is 0 Å². The Labute approximate surface area is 53.7 Å². The fraction of sp³-hybridized carbons (Fsp3) is 1.00. The summed E-state index contributed by atoms with van der Waals surface area (Å²) < 4.78 is 22.7. The van der Waals surface area contributed by atoms with Crippen LogP contribution in [-0.2, 0) is 0 Å². The van der Waals surface area contributed by atoms with Crippen molar-refractivity contribution in [2.45, 2.75) is 0 Å². The third-order valence-electron chi connectivity index (χ3n) is 0.770. The molecule has 0 heterocycles. The Morgan fingerprint density at radius 2 is 1.62 bits per heavy atom. The van der Waals surface area contributed by atoms with E-state index in [1.54, 1.807) is 0 Å². The highest BCUT2D eigenvalue weighted by Crippen LogP contribution is 1.93. The van der Waals surface area contributed by atoms with Crippen molar-refractivity contribution in [1.29, 1.82) is 0 Å². The molecule has 0 aromatic heterocycles. The maximum Gasteiger partial charge on any atom is 0.0959 e. The Kier molecular flexibility index (Phi) is 9.76. The van der Waals surface area contributed by atoms with Gasteiger partial charge in [-0.05, 0) is 0 Å². The highest BCUT2D eigenvalue weighted by atomic mass is 35.5. The van der Waals surface area contributed by atoms with Crippen molar-refractivity contribution in [3.05, 3.63) is 0 Å². The lowest BCUT2D eigenvalue weighted by molar-refractivity contribution is 0.295. The van der Waals surface area contributed by atoms with E-state index in [-0.39, 0.29) is 19.0 Å². The predicted molar refractivity (Wildman–Crippen MR) is 31.7 cm³/mol. The summed E-state index contributed by atoms with van der Waals surface area (Å²) in [6, 6.07) is 0. The molecule has 0 aromatic rings. The summed E-state index contributed by atoms with van der Waals surface area (Å²) in [5.41, 5.74) is 4.91. The van der Waals surface area contributed by atoms with Crippen molar-refractivity contribution in [2.75, 3.05) is 19.9 Å². The van der Waals surface area contributed by atoms with Gasteiger partial charge in [-0.3, -0.25) is 8.78 Å². The third-order valence-corrected chi connectivity index (χ3v) is 0.770. The van der Waals surface area contributed by atoms with Gasteiger partial charge >= 0.3 is 0 Å². The minimum absolute atomic E-state index is 0. The van der Waals surface area contributed by atoms with Crippen LogP contribution in [0.25, 0.3) is 0 Å². The van der Waals surface area contributed by atoms with Crippen molar-refractivity contribution in [3.63, 3.8) is 0 Å². The molecule has 1 nitrogen and oxygen atoms in total. The van der Waals surface area contributed by atoms with Crippen molar-refractivity contribution < 1.29 is 8.78 Å². The average Bonchev–Trinajstić information content (AvgIpc) is 1.72. The topological polar surface area (TPSA) is 26.0 Å². The van der Waals surface area contributed by atoms with Gasteiger partial charge in [-0.25, -0.2) is 0 Å². The van der Waals surface area contributed by atoms with E-state index in [9.17, 15) is 8.78 Å². The molecule has 0 aromatic carbocycles. The molecule has 8 heavy (non-hydrogen) atoms. The lowest BCUT2D eigenvalue weighted by atomic mass is 10.2. The molecule has 0 unspecified atom stereocenters. The summed E-state index contributed by atoms with van der Waals surface area (Å²) in [7, 11) is 0. The molecule has 0 spiro atoms. The molecule has 0 aliphatic heterocycles. The first-order valence-electron chi connectivity index (χ1n) is 2.17. The zero-order valence-corrected chi connectivity index (χ0v) is 5.26. The van der Waals surface area contributed by atoms with Gasteiger partial charge < -0.3 is 5.73 Å². The predicted octanol–water partition coefficient (Wildman–Crippen LogP) is 0.922. The number of hydrogen-bond donors (Lipinski definition) is 1. The maximum absolute atomic E-state index is 11.3. The number of halogens is 3. The maximum atomic E-state index is 11.3. The number of alkyl halides is 2. The van der Waals surface area contributed by atoms with E-state index in [1.807, 2.05) is 0 Å². The van der Waals surface area contributed by atoms with E-state index >= 15 is 0 Å². The standard InChI is InChI=1S/C4H9F2N.ClH/c5-1-4(2-6)3-7;/h4H,1-3,7H2;1H. The smallest absolute Gasteiger partial charge is 0.0959 e. The minimum Gasteiger partial charge on any atom is -0.330 e. The van der Waals surface area contributed by atoms with Crippen molar-refractivity contribution in [1.82, 2.24) is 0 Å². The van der Waals surface area contributed by atoms with Crippen molar-refractivity contribution in [2.24, 2.45) is 11.7 Å². The Balaban J connectivity index is 0. The normalized spacial score (nSPS) is 9.00. The quantitative estimate of drug-likeness (QED) is 0.628. The number of hydrogen-bond acceptors (Lipinski definition) is 1. The molecule has 0 radical (unpaired) electrons. The fourth-order valence-corrected chi connectivity index (χ4v) is 0.167.